The summed E-state index contributed by atoms with van der Waals surface area (Å²) in [7, 11) is 1.78. The van der Waals surface area contributed by atoms with E-state index in [1.165, 1.54) is 0 Å². The van der Waals surface area contributed by atoms with Gasteiger partial charge in [0.15, 0.2) is 0 Å². The van der Waals surface area contributed by atoms with Gasteiger partial charge in [-0.2, -0.15) is 4.98 Å². The predicted molar refractivity (Wildman–Crippen MR) is 65.7 cm³/mol. The van der Waals surface area contributed by atoms with Crippen LogP contribution in [0.3, 0.4) is 0 Å². The molecule has 0 fully saturated rings. The molecule has 0 aromatic carbocycles. The lowest BCUT2D eigenvalue weighted by Gasteiger charge is -2.21. The van der Waals surface area contributed by atoms with E-state index < -0.39 is 0 Å². The maximum Gasteiger partial charge on any atom is 0.224 e. The average molecular weight is 224 g/mol. The molecule has 5 nitrogen and oxygen atoms in total. The molecule has 0 aliphatic carbocycles. The quantitative estimate of drug-likeness (QED) is 0.702. The van der Waals surface area contributed by atoms with Crippen LogP contribution in [0.2, 0.25) is 0 Å². The highest BCUT2D eigenvalue weighted by atomic mass is 16.3. The first-order valence-corrected chi connectivity index (χ1v) is 5.47. The van der Waals surface area contributed by atoms with Crippen LogP contribution in [-0.4, -0.2) is 34.8 Å². The third kappa shape index (κ3) is 3.06. The first kappa shape index (κ1) is 12.7. The molecule has 1 heterocycles. The monoisotopic (exact) mass is 224 g/mol. The van der Waals surface area contributed by atoms with Crippen molar-refractivity contribution < 1.29 is 5.11 Å². The standard InChI is InChI=1S/C11H20N4O/c1-7(2)9(6-16)14-10-8(3)5-13-11(12-4)15-10/h5,7,9,16H,6H2,1-4H3,(H2,12,13,14,15)/t9-/m1/s1. The third-order valence-electron chi connectivity index (χ3n) is 2.52. The minimum absolute atomic E-state index is 0.0123. The van der Waals surface area contributed by atoms with E-state index in [9.17, 15) is 5.11 Å². The maximum absolute atomic E-state index is 9.25. The van der Waals surface area contributed by atoms with Crippen LogP contribution in [0, 0.1) is 12.8 Å². The van der Waals surface area contributed by atoms with Gasteiger partial charge in [0.05, 0.1) is 12.6 Å². The summed E-state index contributed by atoms with van der Waals surface area (Å²) in [5.74, 6) is 1.69. The molecule has 16 heavy (non-hydrogen) atoms. The minimum Gasteiger partial charge on any atom is -0.394 e. The van der Waals surface area contributed by atoms with Crippen LogP contribution in [0.1, 0.15) is 19.4 Å². The summed E-state index contributed by atoms with van der Waals surface area (Å²) in [6, 6.07) is 0.0123. The highest BCUT2D eigenvalue weighted by molar-refractivity contribution is 5.47. The Kier molecular flexibility index (Phi) is 4.49. The van der Waals surface area contributed by atoms with Gasteiger partial charge in [-0.15, -0.1) is 0 Å². The second-order valence-electron chi connectivity index (χ2n) is 4.15. The van der Waals surface area contributed by atoms with Crippen molar-refractivity contribution in [2.24, 2.45) is 5.92 Å². The Morgan fingerprint density at radius 3 is 2.62 bits per heavy atom. The summed E-state index contributed by atoms with van der Waals surface area (Å²) in [5.41, 5.74) is 0.970. The molecule has 3 N–H and O–H groups in total. The van der Waals surface area contributed by atoms with Crippen molar-refractivity contribution in [3.8, 4) is 0 Å². The molecular weight excluding hydrogens is 204 g/mol. The Morgan fingerprint density at radius 1 is 1.44 bits per heavy atom. The number of aryl methyl sites for hydroxylation is 1. The lowest BCUT2D eigenvalue weighted by molar-refractivity contribution is 0.249. The SMILES string of the molecule is CNc1ncc(C)c(N[C@H](CO)C(C)C)n1. The van der Waals surface area contributed by atoms with E-state index in [1.54, 1.807) is 13.2 Å². The first-order chi connectivity index (χ1) is 7.58. The number of aliphatic hydroxyl groups is 1. The van der Waals surface area contributed by atoms with E-state index in [-0.39, 0.29) is 12.6 Å². The van der Waals surface area contributed by atoms with Crippen molar-refractivity contribution >= 4 is 11.8 Å². The second-order valence-corrected chi connectivity index (χ2v) is 4.15. The smallest absolute Gasteiger partial charge is 0.224 e. The maximum atomic E-state index is 9.25. The van der Waals surface area contributed by atoms with Crippen molar-refractivity contribution in [1.82, 2.24) is 9.97 Å². The predicted octanol–water partition coefficient (Wildman–Crippen LogP) is 1.26. The van der Waals surface area contributed by atoms with Gasteiger partial charge in [-0.25, -0.2) is 4.98 Å². The topological polar surface area (TPSA) is 70.1 Å². The van der Waals surface area contributed by atoms with Crippen LogP contribution in [0.5, 0.6) is 0 Å². The molecule has 0 aliphatic rings. The Morgan fingerprint density at radius 2 is 2.12 bits per heavy atom. The molecule has 0 aliphatic heterocycles. The van der Waals surface area contributed by atoms with Crippen molar-refractivity contribution in [2.45, 2.75) is 26.8 Å². The lowest BCUT2D eigenvalue weighted by Crippen LogP contribution is -2.30. The number of anilines is 2. The van der Waals surface area contributed by atoms with Crippen molar-refractivity contribution in [3.63, 3.8) is 0 Å². The largest absolute Gasteiger partial charge is 0.394 e. The molecule has 1 aromatic heterocycles. The van der Waals surface area contributed by atoms with Crippen molar-refractivity contribution in [1.29, 1.82) is 0 Å². The van der Waals surface area contributed by atoms with E-state index in [0.29, 0.717) is 11.9 Å². The number of nitrogens with one attached hydrogen (secondary N) is 2. The number of nitrogens with zero attached hydrogens (tertiary/aromatic N) is 2. The Hall–Kier alpha value is -1.36. The number of hydrogen-bond acceptors (Lipinski definition) is 5. The van der Waals surface area contributed by atoms with E-state index >= 15 is 0 Å². The summed E-state index contributed by atoms with van der Waals surface area (Å²) < 4.78 is 0. The molecule has 0 bridgehead atoms. The molecular formula is C11H20N4O. The van der Waals surface area contributed by atoms with Crippen LogP contribution < -0.4 is 10.6 Å². The molecule has 0 spiro atoms. The third-order valence-corrected chi connectivity index (χ3v) is 2.52. The fourth-order valence-corrected chi connectivity index (χ4v) is 1.31. The van der Waals surface area contributed by atoms with E-state index in [1.807, 2.05) is 6.92 Å². The highest BCUT2D eigenvalue weighted by Crippen LogP contribution is 2.15. The summed E-state index contributed by atoms with van der Waals surface area (Å²) in [6.07, 6.45) is 1.76. The molecule has 1 atom stereocenters. The zero-order valence-electron chi connectivity index (χ0n) is 10.3. The lowest BCUT2D eigenvalue weighted by atomic mass is 10.1. The molecule has 0 saturated carbocycles. The normalized spacial score (nSPS) is 12.6. The van der Waals surface area contributed by atoms with Gasteiger partial charge in [0.2, 0.25) is 5.95 Å². The molecule has 5 heteroatoms. The Labute approximate surface area is 96.3 Å². The fraction of sp³-hybridized carbons (Fsp3) is 0.636. The van der Waals surface area contributed by atoms with Crippen LogP contribution >= 0.6 is 0 Å². The van der Waals surface area contributed by atoms with Gasteiger partial charge >= 0.3 is 0 Å². The Balaban J connectivity index is 2.86. The fourth-order valence-electron chi connectivity index (χ4n) is 1.31. The molecule has 1 rings (SSSR count). The number of aromatic nitrogens is 2. The van der Waals surface area contributed by atoms with Gasteiger partial charge in [0.1, 0.15) is 5.82 Å². The van der Waals surface area contributed by atoms with Gasteiger partial charge in [-0.1, -0.05) is 13.8 Å². The first-order valence-electron chi connectivity index (χ1n) is 5.47. The van der Waals surface area contributed by atoms with Gasteiger partial charge in [0, 0.05) is 18.8 Å². The molecule has 0 unspecified atom stereocenters. The van der Waals surface area contributed by atoms with Gasteiger partial charge < -0.3 is 15.7 Å². The average Bonchev–Trinajstić information content (AvgIpc) is 2.27. The summed E-state index contributed by atoms with van der Waals surface area (Å²) in [5, 5.41) is 15.4. The van der Waals surface area contributed by atoms with Crippen LogP contribution in [0.15, 0.2) is 6.20 Å². The van der Waals surface area contributed by atoms with E-state index in [2.05, 4.69) is 34.4 Å². The number of aliphatic hydroxyl groups excluding tert-OH is 1. The molecule has 90 valence electrons. The van der Waals surface area contributed by atoms with Gasteiger partial charge in [0.25, 0.3) is 0 Å². The minimum atomic E-state index is 0.0123. The number of rotatable bonds is 5. The Bertz CT molecular complexity index is 341. The van der Waals surface area contributed by atoms with Gasteiger partial charge in [-0.05, 0) is 12.8 Å². The summed E-state index contributed by atoms with van der Waals surface area (Å²) >= 11 is 0. The highest BCUT2D eigenvalue weighted by Gasteiger charge is 2.14. The van der Waals surface area contributed by atoms with Crippen LogP contribution in [0.4, 0.5) is 11.8 Å². The van der Waals surface area contributed by atoms with Crippen LogP contribution in [0.25, 0.3) is 0 Å². The zero-order chi connectivity index (χ0) is 12.1. The molecule has 0 saturated heterocycles. The van der Waals surface area contributed by atoms with E-state index in [4.69, 9.17) is 0 Å². The molecule has 0 amide bonds. The van der Waals surface area contributed by atoms with Crippen molar-refractivity contribution in [3.05, 3.63) is 11.8 Å². The zero-order valence-corrected chi connectivity index (χ0v) is 10.3. The summed E-state index contributed by atoms with van der Waals surface area (Å²) in [4.78, 5) is 8.43. The van der Waals surface area contributed by atoms with Crippen LogP contribution in [-0.2, 0) is 0 Å². The molecule has 1 aromatic rings. The second kappa shape index (κ2) is 5.65. The van der Waals surface area contributed by atoms with Crippen molar-refractivity contribution in [2.75, 3.05) is 24.3 Å². The number of hydrogen-bond donors (Lipinski definition) is 3. The van der Waals surface area contributed by atoms with Gasteiger partial charge in [-0.3, -0.25) is 0 Å². The summed E-state index contributed by atoms with van der Waals surface area (Å²) in [6.45, 7) is 6.15. The van der Waals surface area contributed by atoms with E-state index in [0.717, 1.165) is 11.4 Å². The molecule has 0 radical (unpaired) electrons.